The minimum Gasteiger partial charge on any atom is -0.445 e. The van der Waals surface area contributed by atoms with Crippen molar-refractivity contribution < 1.29 is 14.6 Å². The van der Waals surface area contributed by atoms with E-state index in [1.807, 2.05) is 60.7 Å². The van der Waals surface area contributed by atoms with Gasteiger partial charge < -0.3 is 15.2 Å². The second-order valence-electron chi connectivity index (χ2n) is 6.38. The topological polar surface area (TPSA) is 58.6 Å². The fourth-order valence-corrected chi connectivity index (χ4v) is 3.21. The largest absolute Gasteiger partial charge is 0.445 e. The van der Waals surface area contributed by atoms with E-state index in [1.165, 1.54) is 0 Å². The van der Waals surface area contributed by atoms with Crippen LogP contribution in [-0.2, 0) is 16.9 Å². The van der Waals surface area contributed by atoms with E-state index in [2.05, 4.69) is 5.32 Å². The number of hydrogen-bond acceptors (Lipinski definition) is 3. The van der Waals surface area contributed by atoms with Gasteiger partial charge in [-0.05, 0) is 36.8 Å². The Bertz CT molecular complexity index is 649. The summed E-state index contributed by atoms with van der Waals surface area (Å²) in [5, 5.41) is 13.7. The molecule has 1 aliphatic rings. The number of benzene rings is 2. The number of ether oxygens (including phenoxy) is 1. The van der Waals surface area contributed by atoms with E-state index < -0.39 is 11.7 Å². The van der Waals surface area contributed by atoms with Crippen LogP contribution >= 0.6 is 0 Å². The molecule has 2 aromatic rings. The summed E-state index contributed by atoms with van der Waals surface area (Å²) in [5.41, 5.74) is 1.14. The lowest BCUT2D eigenvalue weighted by Gasteiger charge is -2.36. The summed E-state index contributed by atoms with van der Waals surface area (Å²) < 4.78 is 5.25. The van der Waals surface area contributed by atoms with Gasteiger partial charge in [-0.2, -0.15) is 0 Å². The highest BCUT2D eigenvalue weighted by atomic mass is 16.5. The molecular weight excluding hydrogens is 302 g/mol. The highest BCUT2D eigenvalue weighted by Crippen LogP contribution is 2.36. The standard InChI is InChI=1S/C20H23NO3/c22-19(24-15-16-7-3-1-4-8-16)21-18-11-13-20(23,14-12-18)17-9-5-2-6-10-17/h1-10,18,23H,11-15H2,(H,21,22). The zero-order chi connectivity index (χ0) is 16.8. The summed E-state index contributed by atoms with van der Waals surface area (Å²) in [5.74, 6) is 0. The molecule has 0 aromatic heterocycles. The van der Waals surface area contributed by atoms with Crippen LogP contribution in [0.5, 0.6) is 0 Å². The second kappa shape index (κ2) is 7.49. The fraction of sp³-hybridized carbons (Fsp3) is 0.350. The van der Waals surface area contributed by atoms with Crippen molar-refractivity contribution in [2.24, 2.45) is 0 Å². The molecule has 0 saturated heterocycles. The number of aliphatic hydroxyl groups is 1. The third-order valence-electron chi connectivity index (χ3n) is 4.66. The average Bonchev–Trinajstić information content (AvgIpc) is 2.64. The Hall–Kier alpha value is -2.33. The van der Waals surface area contributed by atoms with Gasteiger partial charge in [0, 0.05) is 6.04 Å². The maximum atomic E-state index is 11.9. The molecule has 4 heteroatoms. The molecule has 24 heavy (non-hydrogen) atoms. The first-order valence-corrected chi connectivity index (χ1v) is 8.41. The lowest BCUT2D eigenvalue weighted by atomic mass is 9.78. The van der Waals surface area contributed by atoms with Crippen molar-refractivity contribution >= 4 is 6.09 Å². The summed E-state index contributed by atoms with van der Waals surface area (Å²) in [4.78, 5) is 11.9. The van der Waals surface area contributed by atoms with Crippen molar-refractivity contribution in [3.05, 3.63) is 71.8 Å². The molecule has 4 nitrogen and oxygen atoms in total. The summed E-state index contributed by atoms with van der Waals surface area (Å²) in [6.45, 7) is 0.271. The van der Waals surface area contributed by atoms with Crippen LogP contribution in [0.1, 0.15) is 36.8 Å². The molecule has 3 rings (SSSR count). The van der Waals surface area contributed by atoms with Crippen LogP contribution in [-0.4, -0.2) is 17.2 Å². The van der Waals surface area contributed by atoms with Crippen LogP contribution in [0.25, 0.3) is 0 Å². The molecule has 1 amide bonds. The van der Waals surface area contributed by atoms with Gasteiger partial charge in [-0.15, -0.1) is 0 Å². The Balaban J connectivity index is 1.46. The molecule has 0 unspecified atom stereocenters. The smallest absolute Gasteiger partial charge is 0.407 e. The highest BCUT2D eigenvalue weighted by molar-refractivity contribution is 5.67. The van der Waals surface area contributed by atoms with Crippen molar-refractivity contribution in [3.63, 3.8) is 0 Å². The van der Waals surface area contributed by atoms with Gasteiger partial charge in [0.15, 0.2) is 0 Å². The number of nitrogens with one attached hydrogen (secondary N) is 1. The normalized spacial score (nSPS) is 23.5. The predicted octanol–water partition coefficient (Wildman–Crippen LogP) is 3.74. The van der Waals surface area contributed by atoms with Gasteiger partial charge in [0.2, 0.25) is 0 Å². The Morgan fingerprint density at radius 3 is 2.25 bits per heavy atom. The maximum absolute atomic E-state index is 11.9. The molecule has 2 aromatic carbocycles. The number of alkyl carbamates (subject to hydrolysis) is 1. The zero-order valence-electron chi connectivity index (χ0n) is 13.7. The van der Waals surface area contributed by atoms with E-state index in [4.69, 9.17) is 4.74 Å². The van der Waals surface area contributed by atoms with Gasteiger partial charge in [-0.3, -0.25) is 0 Å². The van der Waals surface area contributed by atoms with E-state index >= 15 is 0 Å². The van der Waals surface area contributed by atoms with Gasteiger partial charge in [0.1, 0.15) is 6.61 Å². The molecule has 126 valence electrons. The van der Waals surface area contributed by atoms with Crippen LogP contribution in [0.3, 0.4) is 0 Å². The lowest BCUT2D eigenvalue weighted by Crippen LogP contribution is -2.42. The molecule has 0 atom stereocenters. The van der Waals surface area contributed by atoms with Crippen molar-refractivity contribution in [1.82, 2.24) is 5.32 Å². The Morgan fingerprint density at radius 2 is 1.62 bits per heavy atom. The van der Waals surface area contributed by atoms with Crippen LogP contribution in [0, 0.1) is 0 Å². The average molecular weight is 325 g/mol. The van der Waals surface area contributed by atoms with Crippen LogP contribution < -0.4 is 5.32 Å². The quantitative estimate of drug-likeness (QED) is 0.900. The molecule has 0 radical (unpaired) electrons. The number of carbonyl (C=O) groups is 1. The fourth-order valence-electron chi connectivity index (χ4n) is 3.21. The Kier molecular flexibility index (Phi) is 5.16. The monoisotopic (exact) mass is 325 g/mol. The molecule has 1 aliphatic carbocycles. The summed E-state index contributed by atoms with van der Waals surface area (Å²) in [6, 6.07) is 19.4. The minimum absolute atomic E-state index is 0.0530. The van der Waals surface area contributed by atoms with E-state index in [1.54, 1.807) is 0 Å². The van der Waals surface area contributed by atoms with Gasteiger partial charge in [-0.1, -0.05) is 60.7 Å². The predicted molar refractivity (Wildman–Crippen MR) is 92.4 cm³/mol. The van der Waals surface area contributed by atoms with Crippen LogP contribution in [0.2, 0.25) is 0 Å². The summed E-state index contributed by atoms with van der Waals surface area (Å²) in [6.07, 6.45) is 2.37. The van der Waals surface area contributed by atoms with Crippen molar-refractivity contribution in [1.29, 1.82) is 0 Å². The second-order valence-corrected chi connectivity index (χ2v) is 6.38. The first-order valence-electron chi connectivity index (χ1n) is 8.41. The Labute approximate surface area is 142 Å². The molecule has 0 spiro atoms. The van der Waals surface area contributed by atoms with Crippen LogP contribution in [0.4, 0.5) is 4.79 Å². The van der Waals surface area contributed by atoms with Crippen molar-refractivity contribution in [2.45, 2.75) is 43.9 Å². The molecule has 0 heterocycles. The van der Waals surface area contributed by atoms with Gasteiger partial charge in [-0.25, -0.2) is 4.79 Å². The summed E-state index contributed by atoms with van der Waals surface area (Å²) >= 11 is 0. The third kappa shape index (κ3) is 4.15. The van der Waals surface area contributed by atoms with Gasteiger partial charge in [0.05, 0.1) is 5.60 Å². The summed E-state index contributed by atoms with van der Waals surface area (Å²) in [7, 11) is 0. The molecule has 1 saturated carbocycles. The molecule has 0 aliphatic heterocycles. The number of hydrogen-bond donors (Lipinski definition) is 2. The van der Waals surface area contributed by atoms with E-state index in [0.29, 0.717) is 12.8 Å². The molecule has 1 fully saturated rings. The van der Waals surface area contributed by atoms with Gasteiger partial charge >= 0.3 is 6.09 Å². The number of amides is 1. The first kappa shape index (κ1) is 16.5. The van der Waals surface area contributed by atoms with E-state index in [0.717, 1.165) is 24.0 Å². The lowest BCUT2D eigenvalue weighted by molar-refractivity contribution is -0.00856. The highest BCUT2D eigenvalue weighted by Gasteiger charge is 2.35. The maximum Gasteiger partial charge on any atom is 0.407 e. The molecule has 0 bridgehead atoms. The zero-order valence-corrected chi connectivity index (χ0v) is 13.7. The first-order chi connectivity index (χ1) is 11.7. The van der Waals surface area contributed by atoms with E-state index in [9.17, 15) is 9.90 Å². The Morgan fingerprint density at radius 1 is 1.04 bits per heavy atom. The minimum atomic E-state index is -0.784. The SMILES string of the molecule is O=C(NC1CCC(O)(c2ccccc2)CC1)OCc1ccccc1. The van der Waals surface area contributed by atoms with Gasteiger partial charge in [0.25, 0.3) is 0 Å². The van der Waals surface area contributed by atoms with E-state index in [-0.39, 0.29) is 12.6 Å². The van der Waals surface area contributed by atoms with Crippen molar-refractivity contribution in [3.8, 4) is 0 Å². The molecule has 2 N–H and O–H groups in total. The molecular formula is C20H23NO3. The number of carbonyl (C=O) groups excluding carboxylic acids is 1. The van der Waals surface area contributed by atoms with Crippen LogP contribution in [0.15, 0.2) is 60.7 Å². The third-order valence-corrected chi connectivity index (χ3v) is 4.66. The number of rotatable bonds is 4. The van der Waals surface area contributed by atoms with Crippen molar-refractivity contribution in [2.75, 3.05) is 0 Å².